The molecule has 9 heteroatoms. The fourth-order valence-electron chi connectivity index (χ4n) is 4.19. The van der Waals surface area contributed by atoms with Crippen molar-refractivity contribution in [2.75, 3.05) is 31.0 Å². The van der Waals surface area contributed by atoms with Crippen LogP contribution < -0.4 is 20.3 Å². The van der Waals surface area contributed by atoms with Gasteiger partial charge in [0.05, 0.1) is 31.1 Å². The van der Waals surface area contributed by atoms with E-state index >= 15 is 0 Å². The molecule has 8 nitrogen and oxygen atoms in total. The van der Waals surface area contributed by atoms with Crippen LogP contribution in [-0.2, 0) is 16.1 Å². The van der Waals surface area contributed by atoms with Gasteiger partial charge < -0.3 is 29.6 Å². The van der Waals surface area contributed by atoms with Crippen LogP contribution in [0.5, 0.6) is 5.75 Å². The maximum absolute atomic E-state index is 11.9. The Morgan fingerprint density at radius 3 is 2.76 bits per heavy atom. The monoisotopic (exact) mass is 479 g/mol. The summed E-state index contributed by atoms with van der Waals surface area (Å²) in [5.74, 6) is 0.491. The quantitative estimate of drug-likeness (QED) is 0.448. The fraction of sp³-hybridized carbons (Fsp3) is 0.320. The normalized spacial score (nSPS) is 17.5. The average Bonchev–Trinajstić information content (AvgIpc) is 3.47. The lowest BCUT2D eigenvalue weighted by molar-refractivity contribution is -0.115. The number of carbonyl (C=O) groups excluding carboxylic acids is 1. The summed E-state index contributed by atoms with van der Waals surface area (Å²) in [4.78, 5) is 18.6. The average molecular weight is 480 g/mol. The molecule has 2 N–H and O–H groups in total. The smallest absolute Gasteiger partial charge is 0.224 e. The molecule has 178 valence electrons. The number of anilines is 2. The number of aromatic nitrogens is 2. The van der Waals surface area contributed by atoms with Crippen molar-refractivity contribution in [3.05, 3.63) is 72.3 Å². The summed E-state index contributed by atoms with van der Waals surface area (Å²) < 4.78 is 13.1. The maximum atomic E-state index is 11.9. The van der Waals surface area contributed by atoms with E-state index in [1.54, 1.807) is 20.4 Å². The number of nitrogens with zero attached hydrogens (tertiary/aromatic N) is 3. The van der Waals surface area contributed by atoms with Crippen molar-refractivity contribution < 1.29 is 14.3 Å². The number of carbonyl (C=O) groups is 1. The van der Waals surface area contributed by atoms with Gasteiger partial charge in [-0.3, -0.25) is 9.78 Å². The molecule has 0 bridgehead atoms. The van der Waals surface area contributed by atoms with E-state index in [2.05, 4.69) is 31.2 Å². The minimum atomic E-state index is -0.157. The zero-order chi connectivity index (χ0) is 24.1. The maximum Gasteiger partial charge on any atom is 0.224 e. The van der Waals surface area contributed by atoms with Crippen LogP contribution in [0.4, 0.5) is 11.4 Å². The molecule has 1 aromatic carbocycles. The number of nitrogens with one attached hydrogen (secondary N) is 2. The predicted octanol–water partition coefficient (Wildman–Crippen LogP) is 4.06. The van der Waals surface area contributed by atoms with Crippen LogP contribution in [0.1, 0.15) is 36.8 Å². The number of ether oxygens (including phenoxy) is 2. The molecule has 3 aromatic rings. The Hall–Kier alpha value is -3.43. The molecule has 1 saturated heterocycles. The molecule has 0 saturated carbocycles. The van der Waals surface area contributed by atoms with Gasteiger partial charge in [-0.15, -0.1) is 0 Å². The van der Waals surface area contributed by atoms with E-state index < -0.39 is 0 Å². The SMILES string of the molecule is CCC(=O)Nc1ccc(N2C(=S)N[C@H](c3ccccn3)[C@@H]2c2cccn2CCOC)cc1OC. The van der Waals surface area contributed by atoms with Crippen molar-refractivity contribution in [3.8, 4) is 5.75 Å². The van der Waals surface area contributed by atoms with Crippen molar-refractivity contribution in [1.29, 1.82) is 0 Å². The molecule has 0 unspecified atom stereocenters. The summed E-state index contributed by atoms with van der Waals surface area (Å²) in [7, 11) is 3.29. The summed E-state index contributed by atoms with van der Waals surface area (Å²) in [6.07, 6.45) is 4.22. The minimum absolute atomic E-state index is 0.0755. The van der Waals surface area contributed by atoms with Gasteiger partial charge in [-0.2, -0.15) is 0 Å². The van der Waals surface area contributed by atoms with Gasteiger partial charge in [-0.1, -0.05) is 13.0 Å². The number of methoxy groups -OCH3 is 2. The van der Waals surface area contributed by atoms with Crippen molar-refractivity contribution in [2.24, 2.45) is 0 Å². The molecular formula is C25H29N5O3S. The molecule has 0 spiro atoms. The fourth-order valence-corrected chi connectivity index (χ4v) is 4.54. The van der Waals surface area contributed by atoms with Crippen LogP contribution in [0.15, 0.2) is 60.9 Å². The Morgan fingerprint density at radius 1 is 1.21 bits per heavy atom. The van der Waals surface area contributed by atoms with E-state index in [1.807, 2.05) is 55.6 Å². The molecule has 1 amide bonds. The van der Waals surface area contributed by atoms with Gasteiger partial charge in [0.1, 0.15) is 11.8 Å². The molecule has 34 heavy (non-hydrogen) atoms. The largest absolute Gasteiger partial charge is 0.494 e. The van der Waals surface area contributed by atoms with Gasteiger partial charge in [0.2, 0.25) is 5.91 Å². The van der Waals surface area contributed by atoms with E-state index in [1.165, 1.54) is 0 Å². The molecule has 1 fully saturated rings. The molecule has 1 aliphatic heterocycles. The number of pyridine rings is 1. The predicted molar refractivity (Wildman–Crippen MR) is 136 cm³/mol. The first kappa shape index (κ1) is 23.7. The molecule has 2 atom stereocenters. The lowest BCUT2D eigenvalue weighted by Crippen LogP contribution is -2.30. The molecule has 0 aliphatic carbocycles. The number of hydrogen-bond donors (Lipinski definition) is 2. The van der Waals surface area contributed by atoms with E-state index in [9.17, 15) is 4.79 Å². The van der Waals surface area contributed by atoms with E-state index in [0.29, 0.717) is 29.6 Å². The zero-order valence-corrected chi connectivity index (χ0v) is 20.3. The topological polar surface area (TPSA) is 80.7 Å². The molecular weight excluding hydrogens is 450 g/mol. The molecule has 0 radical (unpaired) electrons. The van der Waals surface area contributed by atoms with Gasteiger partial charge in [0.25, 0.3) is 0 Å². The van der Waals surface area contributed by atoms with Crippen molar-refractivity contribution in [1.82, 2.24) is 14.9 Å². The third-order valence-electron chi connectivity index (χ3n) is 5.86. The Bertz CT molecular complexity index is 1150. The van der Waals surface area contributed by atoms with Crippen molar-refractivity contribution in [2.45, 2.75) is 32.0 Å². The molecule has 2 aromatic heterocycles. The molecule has 1 aliphatic rings. The molecule has 3 heterocycles. The van der Waals surface area contributed by atoms with Crippen LogP contribution in [0, 0.1) is 0 Å². The number of rotatable bonds is 9. The first-order chi connectivity index (χ1) is 16.6. The first-order valence-corrected chi connectivity index (χ1v) is 11.6. The summed E-state index contributed by atoms with van der Waals surface area (Å²) in [5.41, 5.74) is 3.46. The van der Waals surface area contributed by atoms with E-state index in [4.69, 9.17) is 21.7 Å². The first-order valence-electron chi connectivity index (χ1n) is 11.2. The van der Waals surface area contributed by atoms with Crippen LogP contribution in [0.2, 0.25) is 0 Å². The van der Waals surface area contributed by atoms with Crippen LogP contribution in [0.3, 0.4) is 0 Å². The van der Waals surface area contributed by atoms with Crippen molar-refractivity contribution >= 4 is 34.6 Å². The highest BCUT2D eigenvalue weighted by atomic mass is 32.1. The minimum Gasteiger partial charge on any atom is -0.494 e. The van der Waals surface area contributed by atoms with Crippen LogP contribution in [-0.4, -0.2) is 41.4 Å². The lowest BCUT2D eigenvalue weighted by Gasteiger charge is -2.29. The summed E-state index contributed by atoms with van der Waals surface area (Å²) in [6, 6.07) is 15.4. The third-order valence-corrected chi connectivity index (χ3v) is 6.18. The Kier molecular flexibility index (Phi) is 7.44. The number of thiocarbonyl (C=S) groups is 1. The highest BCUT2D eigenvalue weighted by molar-refractivity contribution is 7.80. The van der Waals surface area contributed by atoms with Gasteiger partial charge in [0, 0.05) is 49.9 Å². The summed E-state index contributed by atoms with van der Waals surface area (Å²) in [5, 5.41) is 6.95. The van der Waals surface area contributed by atoms with Crippen LogP contribution >= 0.6 is 12.2 Å². The van der Waals surface area contributed by atoms with Gasteiger partial charge in [0.15, 0.2) is 5.11 Å². The second kappa shape index (κ2) is 10.7. The zero-order valence-electron chi connectivity index (χ0n) is 19.5. The standard InChI is InChI=1S/C25H29N5O3S/c1-4-22(31)27-18-11-10-17(16-21(18)33-3)30-24(20-9-7-13-29(20)14-15-32-2)23(28-25(30)34)19-8-5-6-12-26-19/h5-13,16,23-24H,4,14-15H2,1-3H3,(H,27,31)(H,28,34)/t23-,24+/m1/s1. The van der Waals surface area contributed by atoms with Gasteiger partial charge in [-0.05, 0) is 48.6 Å². The van der Waals surface area contributed by atoms with Gasteiger partial charge in [-0.25, -0.2) is 0 Å². The molecule has 4 rings (SSSR count). The summed E-state index contributed by atoms with van der Waals surface area (Å²) >= 11 is 5.82. The lowest BCUT2D eigenvalue weighted by atomic mass is 10.0. The van der Waals surface area contributed by atoms with E-state index in [-0.39, 0.29) is 18.0 Å². The second-order valence-electron chi connectivity index (χ2n) is 7.90. The number of hydrogen-bond acceptors (Lipinski definition) is 5. The Morgan fingerprint density at radius 2 is 2.06 bits per heavy atom. The number of benzene rings is 1. The number of amides is 1. The Balaban J connectivity index is 1.78. The van der Waals surface area contributed by atoms with Crippen LogP contribution in [0.25, 0.3) is 0 Å². The highest BCUT2D eigenvalue weighted by Crippen LogP contribution is 2.43. The third kappa shape index (κ3) is 4.76. The Labute approximate surface area is 204 Å². The summed E-state index contributed by atoms with van der Waals surface area (Å²) in [6.45, 7) is 3.13. The van der Waals surface area contributed by atoms with Gasteiger partial charge >= 0.3 is 0 Å². The van der Waals surface area contributed by atoms with Crippen molar-refractivity contribution in [3.63, 3.8) is 0 Å². The van der Waals surface area contributed by atoms with E-state index in [0.717, 1.165) is 23.6 Å². The highest BCUT2D eigenvalue weighted by Gasteiger charge is 2.42. The second-order valence-corrected chi connectivity index (χ2v) is 8.29.